The molecule has 0 fully saturated rings. The lowest BCUT2D eigenvalue weighted by molar-refractivity contribution is -0.137. The molecule has 0 aliphatic carbocycles. The largest absolute Gasteiger partial charge is 0.494 e. The van der Waals surface area contributed by atoms with Crippen LogP contribution < -0.4 is 0 Å². The van der Waals surface area contributed by atoms with Gasteiger partial charge in [-0.2, -0.15) is 13.2 Å². The third kappa shape index (κ3) is 4.58. The smallest absolute Gasteiger partial charge is 0.416 e. The third-order valence-corrected chi connectivity index (χ3v) is 2.49. The Morgan fingerprint density at radius 2 is 1.63 bits per heavy atom. The van der Waals surface area contributed by atoms with Crippen LogP contribution in [0.5, 0.6) is 0 Å². The van der Waals surface area contributed by atoms with Crippen LogP contribution in [0.25, 0.3) is 0 Å². The molecule has 5 heteroatoms. The van der Waals surface area contributed by atoms with E-state index in [0.717, 1.165) is 12.1 Å². The van der Waals surface area contributed by atoms with Crippen LogP contribution in [0.2, 0.25) is 0 Å². The van der Waals surface area contributed by atoms with Crippen molar-refractivity contribution in [2.45, 2.75) is 39.2 Å². The molecule has 0 saturated heterocycles. The van der Waals surface area contributed by atoms with Gasteiger partial charge in [-0.15, -0.1) is 0 Å². The van der Waals surface area contributed by atoms with Crippen molar-refractivity contribution in [3.8, 4) is 0 Å². The van der Waals surface area contributed by atoms with Gasteiger partial charge >= 0.3 is 6.18 Å². The topological polar surface area (TPSA) is 9.23 Å². The van der Waals surface area contributed by atoms with Gasteiger partial charge in [0.2, 0.25) is 0 Å². The fraction of sp³-hybridized carbons (Fsp3) is 0.429. The lowest BCUT2D eigenvalue weighted by atomic mass is 9.95. The Labute approximate surface area is 109 Å². The molecule has 0 radical (unpaired) electrons. The molecule has 1 aromatic rings. The maximum atomic E-state index is 13.8. The van der Waals surface area contributed by atoms with E-state index in [2.05, 4.69) is 6.58 Å². The van der Waals surface area contributed by atoms with Gasteiger partial charge < -0.3 is 4.74 Å². The Hall–Kier alpha value is -1.52. The maximum absolute atomic E-state index is 13.8. The normalized spacial score (nSPS) is 12.4. The summed E-state index contributed by atoms with van der Waals surface area (Å²) >= 11 is 0. The first-order valence-corrected chi connectivity index (χ1v) is 5.69. The molecule has 0 N–H and O–H groups in total. The number of ether oxygens (including phenoxy) is 1. The van der Waals surface area contributed by atoms with Gasteiger partial charge in [0.15, 0.2) is 0 Å². The van der Waals surface area contributed by atoms with Crippen LogP contribution in [-0.4, -0.2) is 0 Å². The Morgan fingerprint density at radius 3 is 2.05 bits per heavy atom. The molecule has 0 aromatic heterocycles. The second-order valence-electron chi connectivity index (χ2n) is 4.88. The van der Waals surface area contributed by atoms with Crippen molar-refractivity contribution in [1.29, 1.82) is 0 Å². The van der Waals surface area contributed by atoms with Gasteiger partial charge in [0.1, 0.15) is 12.3 Å². The Bertz CT molecular complexity index is 437. The van der Waals surface area contributed by atoms with Crippen molar-refractivity contribution < 1.29 is 22.3 Å². The van der Waals surface area contributed by atoms with Crippen molar-refractivity contribution in [3.63, 3.8) is 0 Å². The van der Waals surface area contributed by atoms with Gasteiger partial charge in [-0.25, -0.2) is 4.39 Å². The minimum absolute atomic E-state index is 0.0253. The van der Waals surface area contributed by atoms with Crippen LogP contribution in [0.15, 0.2) is 30.5 Å². The van der Waals surface area contributed by atoms with E-state index in [0.29, 0.717) is 5.76 Å². The molecule has 0 saturated carbocycles. The van der Waals surface area contributed by atoms with E-state index in [-0.39, 0.29) is 17.7 Å². The van der Waals surface area contributed by atoms with E-state index in [9.17, 15) is 17.6 Å². The Kier molecular flexibility index (Phi) is 4.28. The fourth-order valence-corrected chi connectivity index (χ4v) is 1.49. The Balaban J connectivity index is 3.21. The highest BCUT2D eigenvalue weighted by atomic mass is 19.4. The van der Waals surface area contributed by atoms with Crippen LogP contribution in [0.3, 0.4) is 0 Å². The standard InChI is InChI=1S/C14H16F4O/c1-9(2)19-8-10-5-11(13(3,4)15)7-12(6-10)14(16,17)18/h5-7H,1,8H2,2-4H3. The summed E-state index contributed by atoms with van der Waals surface area (Å²) in [6.45, 7) is 7.45. The molecule has 0 spiro atoms. The number of alkyl halides is 4. The minimum atomic E-state index is -4.51. The van der Waals surface area contributed by atoms with Crippen LogP contribution in [0.1, 0.15) is 37.5 Å². The summed E-state index contributed by atoms with van der Waals surface area (Å²) in [4.78, 5) is 0. The summed E-state index contributed by atoms with van der Waals surface area (Å²) in [5, 5.41) is 0. The molecule has 0 bridgehead atoms. The van der Waals surface area contributed by atoms with E-state index in [1.807, 2.05) is 0 Å². The van der Waals surface area contributed by atoms with Gasteiger partial charge in [-0.05, 0) is 50.1 Å². The zero-order valence-electron chi connectivity index (χ0n) is 11.1. The van der Waals surface area contributed by atoms with Crippen LogP contribution in [-0.2, 0) is 23.2 Å². The first-order chi connectivity index (χ1) is 8.50. The summed E-state index contributed by atoms with van der Waals surface area (Å²) in [5.74, 6) is 0.387. The molecule has 0 amide bonds. The van der Waals surface area contributed by atoms with Crippen molar-refractivity contribution >= 4 is 0 Å². The number of hydrogen-bond acceptors (Lipinski definition) is 1. The first kappa shape index (κ1) is 15.5. The molecular formula is C14H16F4O. The molecule has 0 unspecified atom stereocenters. The monoisotopic (exact) mass is 276 g/mol. The van der Waals surface area contributed by atoms with Gasteiger partial charge in [0.25, 0.3) is 0 Å². The third-order valence-electron chi connectivity index (χ3n) is 2.49. The average Bonchev–Trinajstić information content (AvgIpc) is 2.23. The summed E-state index contributed by atoms with van der Waals surface area (Å²) in [6, 6.07) is 3.15. The van der Waals surface area contributed by atoms with E-state index < -0.39 is 17.4 Å². The molecule has 0 aliphatic heterocycles. The summed E-state index contributed by atoms with van der Waals surface area (Å²) in [6.07, 6.45) is -4.51. The number of allylic oxidation sites excluding steroid dienone is 1. The Morgan fingerprint density at radius 1 is 1.11 bits per heavy atom. The average molecular weight is 276 g/mol. The minimum Gasteiger partial charge on any atom is -0.494 e. The summed E-state index contributed by atoms with van der Waals surface area (Å²) in [5.41, 5.74) is -2.49. The first-order valence-electron chi connectivity index (χ1n) is 5.69. The lowest BCUT2D eigenvalue weighted by Gasteiger charge is -2.19. The summed E-state index contributed by atoms with van der Waals surface area (Å²) < 4.78 is 57.2. The van der Waals surface area contributed by atoms with Crippen LogP contribution >= 0.6 is 0 Å². The van der Waals surface area contributed by atoms with Crippen LogP contribution in [0.4, 0.5) is 17.6 Å². The lowest BCUT2D eigenvalue weighted by Crippen LogP contribution is -2.14. The molecule has 1 aromatic carbocycles. The predicted molar refractivity (Wildman–Crippen MR) is 65.2 cm³/mol. The highest BCUT2D eigenvalue weighted by Crippen LogP contribution is 2.34. The molecule has 106 valence electrons. The van der Waals surface area contributed by atoms with Crippen molar-refractivity contribution in [1.82, 2.24) is 0 Å². The van der Waals surface area contributed by atoms with Crippen molar-refractivity contribution in [2.75, 3.05) is 0 Å². The van der Waals surface area contributed by atoms with Gasteiger partial charge in [0, 0.05) is 0 Å². The molecule has 0 heterocycles. The van der Waals surface area contributed by atoms with E-state index >= 15 is 0 Å². The number of hydrogen-bond donors (Lipinski definition) is 0. The molecule has 1 nitrogen and oxygen atoms in total. The molecule has 0 atom stereocenters. The van der Waals surface area contributed by atoms with Gasteiger partial charge in [-0.3, -0.25) is 0 Å². The van der Waals surface area contributed by atoms with Gasteiger partial charge in [-0.1, -0.05) is 6.58 Å². The number of rotatable bonds is 4. The van der Waals surface area contributed by atoms with E-state index in [1.54, 1.807) is 6.92 Å². The highest BCUT2D eigenvalue weighted by Gasteiger charge is 2.33. The van der Waals surface area contributed by atoms with E-state index in [1.165, 1.54) is 19.9 Å². The van der Waals surface area contributed by atoms with Gasteiger partial charge in [0.05, 0.1) is 11.3 Å². The molecule has 19 heavy (non-hydrogen) atoms. The maximum Gasteiger partial charge on any atom is 0.416 e. The predicted octanol–water partition coefficient (Wildman–Crippen LogP) is 4.96. The molecule has 0 aliphatic rings. The zero-order chi connectivity index (χ0) is 14.8. The van der Waals surface area contributed by atoms with Crippen LogP contribution in [0, 0.1) is 0 Å². The SMILES string of the molecule is C=C(C)OCc1cc(C(C)(C)F)cc(C(F)(F)F)c1. The number of halogens is 4. The fourth-order valence-electron chi connectivity index (χ4n) is 1.49. The second kappa shape index (κ2) is 5.23. The quantitative estimate of drug-likeness (QED) is 0.558. The van der Waals surface area contributed by atoms with Crippen molar-refractivity contribution in [3.05, 3.63) is 47.2 Å². The molecular weight excluding hydrogens is 260 g/mol. The van der Waals surface area contributed by atoms with Crippen molar-refractivity contribution in [2.24, 2.45) is 0 Å². The number of benzene rings is 1. The zero-order valence-corrected chi connectivity index (χ0v) is 11.1. The summed E-state index contributed by atoms with van der Waals surface area (Å²) in [7, 11) is 0. The highest BCUT2D eigenvalue weighted by molar-refractivity contribution is 5.34. The van der Waals surface area contributed by atoms with E-state index in [4.69, 9.17) is 4.74 Å². The second-order valence-corrected chi connectivity index (χ2v) is 4.88. The molecule has 1 rings (SSSR count).